The van der Waals surface area contributed by atoms with Crippen molar-refractivity contribution in [2.24, 2.45) is 5.41 Å². The predicted molar refractivity (Wildman–Crippen MR) is 69.1 cm³/mol. The lowest BCUT2D eigenvalue weighted by atomic mass is 9.78. The van der Waals surface area contributed by atoms with E-state index in [1.165, 1.54) is 30.4 Å². The lowest BCUT2D eigenvalue weighted by molar-refractivity contribution is -0.124. The number of hydrogen-bond acceptors (Lipinski definition) is 1. The van der Waals surface area contributed by atoms with E-state index in [-0.39, 0.29) is 5.41 Å². The van der Waals surface area contributed by atoms with E-state index < -0.39 is 0 Å². The van der Waals surface area contributed by atoms with Crippen molar-refractivity contribution < 1.29 is 4.79 Å². The molecule has 17 heavy (non-hydrogen) atoms. The molecule has 90 valence electrons. The lowest BCUT2D eigenvalue weighted by Crippen LogP contribution is -2.18. The number of Topliss-reactive ketones (excluding diaryl/α,β-unsaturated/α-hetero) is 1. The summed E-state index contributed by atoms with van der Waals surface area (Å²) in [6, 6.07) is 8.68. The van der Waals surface area contributed by atoms with Gasteiger partial charge in [0, 0.05) is 11.8 Å². The number of carbonyl (C=O) groups is 1. The highest BCUT2D eigenvalue weighted by atomic mass is 16.1. The van der Waals surface area contributed by atoms with Crippen LogP contribution in [0.4, 0.5) is 0 Å². The summed E-state index contributed by atoms with van der Waals surface area (Å²) >= 11 is 0. The van der Waals surface area contributed by atoms with Crippen molar-refractivity contribution >= 4 is 5.78 Å². The highest BCUT2D eigenvalue weighted by molar-refractivity contribution is 5.87. The van der Waals surface area contributed by atoms with E-state index in [1.807, 2.05) is 0 Å². The molecule has 0 aliphatic heterocycles. The number of hydrogen-bond donors (Lipinski definition) is 0. The van der Waals surface area contributed by atoms with Crippen molar-refractivity contribution in [1.82, 2.24) is 0 Å². The molecule has 0 saturated heterocycles. The van der Waals surface area contributed by atoms with E-state index in [1.54, 1.807) is 0 Å². The molecule has 1 fully saturated rings. The Morgan fingerprint density at radius 3 is 2.88 bits per heavy atom. The van der Waals surface area contributed by atoms with Gasteiger partial charge in [0.15, 0.2) is 0 Å². The monoisotopic (exact) mass is 228 g/mol. The normalized spacial score (nSPS) is 25.1. The summed E-state index contributed by atoms with van der Waals surface area (Å²) in [4.78, 5) is 12.2. The van der Waals surface area contributed by atoms with Crippen molar-refractivity contribution in [3.63, 3.8) is 0 Å². The summed E-state index contributed by atoms with van der Waals surface area (Å²) in [5.41, 5.74) is 2.96. The Morgan fingerprint density at radius 2 is 2.12 bits per heavy atom. The molecule has 0 heterocycles. The van der Waals surface area contributed by atoms with Crippen LogP contribution in [-0.2, 0) is 11.2 Å². The first-order valence-corrected chi connectivity index (χ1v) is 6.80. The fraction of sp³-hybridized carbons (Fsp3) is 0.562. The zero-order valence-electron chi connectivity index (χ0n) is 10.5. The van der Waals surface area contributed by atoms with Crippen LogP contribution in [0.2, 0.25) is 0 Å². The van der Waals surface area contributed by atoms with E-state index in [4.69, 9.17) is 0 Å². The average Bonchev–Trinajstić information content (AvgIpc) is 3.09. The van der Waals surface area contributed by atoms with Gasteiger partial charge in [0.1, 0.15) is 5.78 Å². The van der Waals surface area contributed by atoms with Gasteiger partial charge in [0.05, 0.1) is 0 Å². The van der Waals surface area contributed by atoms with Crippen molar-refractivity contribution in [2.45, 2.75) is 51.4 Å². The molecule has 2 aliphatic carbocycles. The van der Waals surface area contributed by atoms with Crippen LogP contribution in [0.5, 0.6) is 0 Å². The molecule has 1 saturated carbocycles. The molecule has 0 aromatic heterocycles. The van der Waals surface area contributed by atoms with Crippen LogP contribution in [0.25, 0.3) is 0 Å². The van der Waals surface area contributed by atoms with Gasteiger partial charge in [-0.2, -0.15) is 0 Å². The number of fused-ring (bicyclic) bond motifs is 1. The van der Waals surface area contributed by atoms with Crippen LogP contribution in [0, 0.1) is 5.41 Å². The molecule has 0 amide bonds. The van der Waals surface area contributed by atoms with Crippen LogP contribution in [0.1, 0.15) is 56.1 Å². The number of rotatable bonds is 3. The second-order valence-electron chi connectivity index (χ2n) is 5.98. The minimum atomic E-state index is 0.0480. The van der Waals surface area contributed by atoms with Gasteiger partial charge >= 0.3 is 0 Å². The van der Waals surface area contributed by atoms with Crippen LogP contribution < -0.4 is 0 Å². The van der Waals surface area contributed by atoms with E-state index >= 15 is 0 Å². The summed E-state index contributed by atoms with van der Waals surface area (Å²) in [6.07, 6.45) is 6.62. The topological polar surface area (TPSA) is 17.1 Å². The van der Waals surface area contributed by atoms with Gasteiger partial charge in [0.2, 0.25) is 0 Å². The first-order valence-electron chi connectivity index (χ1n) is 6.80. The molecule has 1 atom stereocenters. The molecule has 1 unspecified atom stereocenters. The molecule has 1 aromatic carbocycles. The highest BCUT2D eigenvalue weighted by Gasteiger charge is 2.44. The van der Waals surface area contributed by atoms with Crippen molar-refractivity contribution in [2.75, 3.05) is 0 Å². The van der Waals surface area contributed by atoms with Gasteiger partial charge in [-0.15, -0.1) is 0 Å². The number of aryl methyl sites for hydroxylation is 1. The van der Waals surface area contributed by atoms with Gasteiger partial charge < -0.3 is 0 Å². The van der Waals surface area contributed by atoms with E-state index in [2.05, 4.69) is 31.2 Å². The molecular weight excluding hydrogens is 208 g/mol. The Morgan fingerprint density at radius 1 is 1.35 bits per heavy atom. The third-order valence-electron chi connectivity index (χ3n) is 4.60. The standard InChI is InChI=1S/C16H20O/c1-16(9-10-16)15(17)11-13-7-4-6-12-5-2-3-8-14(12)13/h2-3,5,8,13H,4,6-7,9-11H2,1H3. The first-order chi connectivity index (χ1) is 8.19. The molecular formula is C16H20O. The zero-order valence-corrected chi connectivity index (χ0v) is 10.5. The van der Waals surface area contributed by atoms with Gasteiger partial charge in [-0.05, 0) is 49.1 Å². The molecule has 1 heteroatoms. The number of ketones is 1. The summed E-state index contributed by atoms with van der Waals surface area (Å²) in [6.45, 7) is 2.13. The van der Waals surface area contributed by atoms with E-state index in [9.17, 15) is 4.79 Å². The molecule has 1 aromatic rings. The third-order valence-corrected chi connectivity index (χ3v) is 4.60. The number of carbonyl (C=O) groups excluding carboxylic acids is 1. The highest BCUT2D eigenvalue weighted by Crippen LogP contribution is 2.48. The summed E-state index contributed by atoms with van der Waals surface area (Å²) in [5.74, 6) is 0.990. The average molecular weight is 228 g/mol. The Labute approximate surface area is 103 Å². The maximum absolute atomic E-state index is 12.2. The second-order valence-corrected chi connectivity index (χ2v) is 5.98. The molecule has 1 nitrogen and oxygen atoms in total. The Balaban J connectivity index is 1.79. The fourth-order valence-corrected chi connectivity index (χ4v) is 3.00. The van der Waals surface area contributed by atoms with Crippen LogP contribution in [0.15, 0.2) is 24.3 Å². The minimum absolute atomic E-state index is 0.0480. The lowest BCUT2D eigenvalue weighted by Gasteiger charge is -2.25. The number of benzene rings is 1. The Bertz CT molecular complexity index is 443. The molecule has 0 bridgehead atoms. The molecule has 0 spiro atoms. The van der Waals surface area contributed by atoms with Gasteiger partial charge in [-0.3, -0.25) is 4.79 Å². The largest absolute Gasteiger partial charge is 0.299 e. The first kappa shape index (κ1) is 11.0. The fourth-order valence-electron chi connectivity index (χ4n) is 3.00. The van der Waals surface area contributed by atoms with Crippen LogP contribution in [0.3, 0.4) is 0 Å². The Hall–Kier alpha value is -1.11. The summed E-state index contributed by atoms with van der Waals surface area (Å²) in [5, 5.41) is 0. The van der Waals surface area contributed by atoms with Crippen LogP contribution in [-0.4, -0.2) is 5.78 Å². The molecule has 0 N–H and O–H groups in total. The van der Waals surface area contributed by atoms with Crippen molar-refractivity contribution in [3.8, 4) is 0 Å². The minimum Gasteiger partial charge on any atom is -0.299 e. The maximum Gasteiger partial charge on any atom is 0.139 e. The molecule has 3 rings (SSSR count). The predicted octanol–water partition coefficient (Wildman–Crippen LogP) is 3.87. The Kier molecular flexibility index (Phi) is 2.57. The quantitative estimate of drug-likeness (QED) is 0.767. The van der Waals surface area contributed by atoms with Crippen molar-refractivity contribution in [1.29, 1.82) is 0 Å². The molecule has 0 radical (unpaired) electrons. The summed E-state index contributed by atoms with van der Waals surface area (Å²) in [7, 11) is 0. The second kappa shape index (κ2) is 3.97. The SMILES string of the molecule is CC1(C(=O)CC2CCCc3ccccc32)CC1. The summed E-state index contributed by atoms with van der Waals surface area (Å²) < 4.78 is 0. The smallest absolute Gasteiger partial charge is 0.139 e. The van der Waals surface area contributed by atoms with E-state index in [0.29, 0.717) is 11.7 Å². The van der Waals surface area contributed by atoms with Gasteiger partial charge in [-0.1, -0.05) is 31.2 Å². The molecule has 2 aliphatic rings. The zero-order chi connectivity index (χ0) is 11.9. The maximum atomic E-state index is 12.2. The van der Waals surface area contributed by atoms with Gasteiger partial charge in [0.25, 0.3) is 0 Å². The van der Waals surface area contributed by atoms with Gasteiger partial charge in [-0.25, -0.2) is 0 Å². The van der Waals surface area contributed by atoms with Crippen LogP contribution >= 0.6 is 0 Å². The van der Waals surface area contributed by atoms with Crippen molar-refractivity contribution in [3.05, 3.63) is 35.4 Å². The van der Waals surface area contributed by atoms with E-state index in [0.717, 1.165) is 19.3 Å². The third kappa shape index (κ3) is 2.03.